The molecule has 1 aliphatic heterocycles. The van der Waals surface area contributed by atoms with Crippen LogP contribution in [-0.2, 0) is 11.4 Å². The third kappa shape index (κ3) is 4.14. The molecule has 1 fully saturated rings. The first-order valence-corrected chi connectivity index (χ1v) is 8.01. The number of benzene rings is 1. The summed E-state index contributed by atoms with van der Waals surface area (Å²) in [4.78, 5) is 25.2. The van der Waals surface area contributed by atoms with Crippen LogP contribution >= 0.6 is 0 Å². The van der Waals surface area contributed by atoms with E-state index >= 15 is 0 Å². The zero-order chi connectivity index (χ0) is 17.8. The minimum absolute atomic E-state index is 0.0238. The number of nitrogens with zero attached hydrogens (tertiary/aromatic N) is 2. The number of carbonyl (C=O) groups excluding carboxylic acids is 2. The molecule has 0 bridgehead atoms. The van der Waals surface area contributed by atoms with Crippen molar-refractivity contribution in [2.24, 2.45) is 0 Å². The molecule has 2 N–H and O–H groups in total. The predicted octanol–water partition coefficient (Wildman–Crippen LogP) is 1.48. The number of nitrogens with one attached hydrogen (secondary N) is 2. The number of aromatic nitrogens is 2. The number of halogens is 1. The molecule has 0 saturated carbocycles. The lowest BCUT2D eigenvalue weighted by molar-refractivity contribution is -0.119. The van der Waals surface area contributed by atoms with Gasteiger partial charge in [0, 0.05) is 26.1 Å². The first kappa shape index (κ1) is 16.9. The Balaban J connectivity index is 1.57. The van der Waals surface area contributed by atoms with E-state index in [2.05, 4.69) is 15.5 Å². The van der Waals surface area contributed by atoms with E-state index < -0.39 is 5.82 Å². The number of ether oxygens (including phenoxy) is 1. The molecule has 3 rings (SSSR count). The van der Waals surface area contributed by atoms with Gasteiger partial charge in [-0.15, -0.1) is 0 Å². The van der Waals surface area contributed by atoms with E-state index in [-0.39, 0.29) is 35.9 Å². The van der Waals surface area contributed by atoms with Gasteiger partial charge in [-0.3, -0.25) is 14.7 Å². The van der Waals surface area contributed by atoms with Gasteiger partial charge < -0.3 is 15.0 Å². The second-order valence-corrected chi connectivity index (χ2v) is 5.93. The van der Waals surface area contributed by atoms with Crippen LogP contribution in [-0.4, -0.2) is 46.0 Å². The first-order chi connectivity index (χ1) is 12.0. The number of hydrogen-bond donors (Lipinski definition) is 2. The molecule has 1 aromatic heterocycles. The summed E-state index contributed by atoms with van der Waals surface area (Å²) < 4.78 is 18.9. The first-order valence-electron chi connectivity index (χ1n) is 8.01. The normalized spacial score (nSPS) is 16.7. The summed E-state index contributed by atoms with van der Waals surface area (Å²) in [6, 6.07) is 7.68. The Morgan fingerprint density at radius 1 is 1.44 bits per heavy atom. The van der Waals surface area contributed by atoms with E-state index in [1.165, 1.54) is 19.1 Å². The highest BCUT2D eigenvalue weighted by Gasteiger charge is 2.28. The molecule has 132 valence electrons. The molecule has 2 aromatic rings. The zero-order valence-corrected chi connectivity index (χ0v) is 13.8. The standard InChI is InChI=1S/C17H19FN4O3/c1-11(23)19-12-6-7-22(9-12)17(24)15-8-13(20-21-15)10-25-16-5-3-2-4-14(16)18/h2-5,8,12H,6-7,9-10H2,1H3,(H,19,23)(H,20,21)/t12-/m0/s1. The van der Waals surface area contributed by atoms with Crippen LogP contribution in [0.3, 0.4) is 0 Å². The molecule has 7 nitrogen and oxygen atoms in total. The van der Waals surface area contributed by atoms with Gasteiger partial charge in [0.2, 0.25) is 5.91 Å². The summed E-state index contributed by atoms with van der Waals surface area (Å²) in [5.74, 6) is -0.616. The number of rotatable bonds is 5. The van der Waals surface area contributed by atoms with Crippen molar-refractivity contribution in [2.45, 2.75) is 26.0 Å². The third-order valence-corrected chi connectivity index (χ3v) is 3.95. The van der Waals surface area contributed by atoms with E-state index in [0.717, 1.165) is 6.42 Å². The van der Waals surface area contributed by atoms with E-state index in [4.69, 9.17) is 4.74 Å². The van der Waals surface area contributed by atoms with Crippen LogP contribution in [0.4, 0.5) is 4.39 Å². The van der Waals surface area contributed by atoms with Gasteiger partial charge in [-0.2, -0.15) is 5.10 Å². The molecule has 2 amide bonds. The van der Waals surface area contributed by atoms with Gasteiger partial charge in [-0.05, 0) is 24.6 Å². The minimum Gasteiger partial charge on any atom is -0.484 e. The highest BCUT2D eigenvalue weighted by atomic mass is 19.1. The molecule has 25 heavy (non-hydrogen) atoms. The predicted molar refractivity (Wildman–Crippen MR) is 87.4 cm³/mol. The fourth-order valence-electron chi connectivity index (χ4n) is 2.77. The molecule has 1 aliphatic rings. The fraction of sp³-hybridized carbons (Fsp3) is 0.353. The lowest BCUT2D eigenvalue weighted by atomic mass is 10.2. The highest BCUT2D eigenvalue weighted by Crippen LogP contribution is 2.17. The molecular formula is C17H19FN4O3. The van der Waals surface area contributed by atoms with Crippen LogP contribution in [0.1, 0.15) is 29.5 Å². The van der Waals surface area contributed by atoms with E-state index in [0.29, 0.717) is 18.8 Å². The van der Waals surface area contributed by atoms with Gasteiger partial charge in [0.15, 0.2) is 17.3 Å². The van der Waals surface area contributed by atoms with Gasteiger partial charge in [-0.25, -0.2) is 4.39 Å². The number of para-hydroxylation sites is 1. The SMILES string of the molecule is CC(=O)N[C@H]1CCN(C(=O)c2cc(COc3ccccc3F)[nH]n2)C1. The van der Waals surface area contributed by atoms with Gasteiger partial charge in [-0.1, -0.05) is 12.1 Å². The Kier molecular flexibility index (Phi) is 4.97. The molecule has 8 heteroatoms. The number of amides is 2. The maximum Gasteiger partial charge on any atom is 0.274 e. The molecule has 0 unspecified atom stereocenters. The molecule has 2 heterocycles. The number of likely N-dealkylation sites (tertiary alicyclic amines) is 1. The van der Waals surface area contributed by atoms with Crippen LogP contribution in [0, 0.1) is 5.82 Å². The lowest BCUT2D eigenvalue weighted by Gasteiger charge is -2.15. The average Bonchev–Trinajstić information content (AvgIpc) is 3.22. The Bertz CT molecular complexity index is 777. The van der Waals surface area contributed by atoms with Crippen molar-refractivity contribution in [1.82, 2.24) is 20.4 Å². The van der Waals surface area contributed by atoms with Crippen molar-refractivity contribution >= 4 is 11.8 Å². The second-order valence-electron chi connectivity index (χ2n) is 5.93. The maximum absolute atomic E-state index is 13.5. The molecule has 1 aromatic carbocycles. The smallest absolute Gasteiger partial charge is 0.274 e. The van der Waals surface area contributed by atoms with Crippen molar-refractivity contribution in [1.29, 1.82) is 0 Å². The lowest BCUT2D eigenvalue weighted by Crippen LogP contribution is -2.37. The third-order valence-electron chi connectivity index (χ3n) is 3.95. The quantitative estimate of drug-likeness (QED) is 0.858. The highest BCUT2D eigenvalue weighted by molar-refractivity contribution is 5.92. The number of carbonyl (C=O) groups is 2. The molecule has 1 saturated heterocycles. The van der Waals surface area contributed by atoms with Gasteiger partial charge in [0.25, 0.3) is 5.91 Å². The average molecular weight is 346 g/mol. The molecule has 0 aliphatic carbocycles. The van der Waals surface area contributed by atoms with Crippen molar-refractivity contribution in [3.05, 3.63) is 47.5 Å². The maximum atomic E-state index is 13.5. The summed E-state index contributed by atoms with van der Waals surface area (Å²) in [6.07, 6.45) is 0.721. The van der Waals surface area contributed by atoms with Crippen LogP contribution in [0.2, 0.25) is 0 Å². The summed E-state index contributed by atoms with van der Waals surface area (Å²) >= 11 is 0. The monoisotopic (exact) mass is 346 g/mol. The summed E-state index contributed by atoms with van der Waals surface area (Å²) in [7, 11) is 0. The number of aromatic amines is 1. The molecule has 0 radical (unpaired) electrons. The van der Waals surface area contributed by atoms with Crippen LogP contribution in [0.15, 0.2) is 30.3 Å². The number of hydrogen-bond acceptors (Lipinski definition) is 4. The summed E-state index contributed by atoms with van der Waals surface area (Å²) in [6.45, 7) is 2.57. The molecule has 0 spiro atoms. The Morgan fingerprint density at radius 3 is 3.00 bits per heavy atom. The van der Waals surface area contributed by atoms with E-state index in [1.807, 2.05) is 0 Å². The Hall–Kier alpha value is -2.90. The fourth-order valence-corrected chi connectivity index (χ4v) is 2.77. The van der Waals surface area contributed by atoms with E-state index in [1.54, 1.807) is 23.1 Å². The van der Waals surface area contributed by atoms with Crippen molar-refractivity contribution < 1.29 is 18.7 Å². The molecule has 1 atom stereocenters. The van der Waals surface area contributed by atoms with Crippen molar-refractivity contribution in [2.75, 3.05) is 13.1 Å². The molecular weight excluding hydrogens is 327 g/mol. The van der Waals surface area contributed by atoms with Crippen molar-refractivity contribution in [3.8, 4) is 5.75 Å². The Morgan fingerprint density at radius 2 is 2.24 bits per heavy atom. The van der Waals surface area contributed by atoms with Gasteiger partial charge in [0.1, 0.15) is 6.61 Å². The van der Waals surface area contributed by atoms with Crippen molar-refractivity contribution in [3.63, 3.8) is 0 Å². The Labute approximate surface area is 144 Å². The van der Waals surface area contributed by atoms with Gasteiger partial charge >= 0.3 is 0 Å². The van der Waals surface area contributed by atoms with E-state index in [9.17, 15) is 14.0 Å². The van der Waals surface area contributed by atoms with Gasteiger partial charge in [0.05, 0.1) is 5.69 Å². The number of H-pyrrole nitrogens is 1. The topological polar surface area (TPSA) is 87.3 Å². The largest absolute Gasteiger partial charge is 0.484 e. The summed E-state index contributed by atoms with van der Waals surface area (Å²) in [5, 5.41) is 9.54. The van der Waals surface area contributed by atoms with Crippen LogP contribution in [0.5, 0.6) is 5.75 Å². The van der Waals surface area contributed by atoms with Crippen LogP contribution < -0.4 is 10.1 Å². The summed E-state index contributed by atoms with van der Waals surface area (Å²) in [5.41, 5.74) is 0.847. The zero-order valence-electron chi connectivity index (χ0n) is 13.8. The minimum atomic E-state index is -0.445. The second kappa shape index (κ2) is 7.33. The van der Waals surface area contributed by atoms with Crippen LogP contribution in [0.25, 0.3) is 0 Å².